The summed E-state index contributed by atoms with van der Waals surface area (Å²) in [6.07, 6.45) is 1.99. The minimum atomic E-state index is -0.254. The fourth-order valence-electron chi connectivity index (χ4n) is 2.00. The summed E-state index contributed by atoms with van der Waals surface area (Å²) in [7, 11) is 0. The van der Waals surface area contributed by atoms with Crippen molar-refractivity contribution in [3.8, 4) is 0 Å². The second-order valence-corrected chi connectivity index (χ2v) is 4.30. The van der Waals surface area contributed by atoms with Crippen molar-refractivity contribution in [1.82, 2.24) is 0 Å². The number of fused-ring (bicyclic) bond motifs is 1. The lowest BCUT2D eigenvalue weighted by Crippen LogP contribution is -2.43. The topological polar surface area (TPSA) is 29.6 Å². The Balaban J connectivity index is 2.33. The van der Waals surface area contributed by atoms with Gasteiger partial charge < -0.3 is 4.74 Å². The van der Waals surface area contributed by atoms with Crippen molar-refractivity contribution >= 4 is 5.78 Å². The van der Waals surface area contributed by atoms with E-state index in [1.54, 1.807) is 0 Å². The molecule has 0 aromatic carbocycles. The molecule has 1 saturated heterocycles. The Hall–Kier alpha value is -0.370. The van der Waals surface area contributed by atoms with Crippen molar-refractivity contribution in [3.63, 3.8) is 0 Å². The van der Waals surface area contributed by atoms with E-state index in [1.165, 1.54) is 0 Å². The second kappa shape index (κ2) is 1.69. The van der Waals surface area contributed by atoms with Gasteiger partial charge in [-0.05, 0) is 13.3 Å². The zero-order chi connectivity index (χ0) is 8.28. The van der Waals surface area contributed by atoms with Crippen molar-refractivity contribution in [1.29, 1.82) is 0 Å². The molecule has 2 atom stereocenters. The summed E-state index contributed by atoms with van der Waals surface area (Å²) in [5.74, 6) is 0.355. The molecule has 62 valence electrons. The zero-order valence-corrected chi connectivity index (χ0v) is 7.31. The number of Topliss-reactive ketones (excluding diaryl/α,β-unsaturated/α-hetero) is 1. The van der Waals surface area contributed by atoms with Crippen LogP contribution in [0.1, 0.15) is 33.6 Å². The van der Waals surface area contributed by atoms with Crippen molar-refractivity contribution < 1.29 is 9.53 Å². The smallest absolute Gasteiger partial charge is 0.141 e. The van der Waals surface area contributed by atoms with Gasteiger partial charge in [-0.15, -0.1) is 0 Å². The fraction of sp³-hybridized carbons (Fsp3) is 0.889. The van der Waals surface area contributed by atoms with E-state index in [4.69, 9.17) is 4.74 Å². The molecule has 1 aliphatic carbocycles. The van der Waals surface area contributed by atoms with Crippen LogP contribution in [0.2, 0.25) is 0 Å². The largest absolute Gasteiger partial charge is 0.365 e. The lowest BCUT2D eigenvalue weighted by atomic mass is 9.68. The van der Waals surface area contributed by atoms with Gasteiger partial charge in [0, 0.05) is 6.42 Å². The number of carbonyl (C=O) groups excluding carboxylic acids is 1. The Kier molecular flexibility index (Phi) is 1.12. The van der Waals surface area contributed by atoms with Crippen LogP contribution in [-0.2, 0) is 9.53 Å². The average Bonchev–Trinajstić information content (AvgIpc) is 2.57. The fourth-order valence-corrected chi connectivity index (χ4v) is 2.00. The van der Waals surface area contributed by atoms with E-state index >= 15 is 0 Å². The standard InChI is InChI=1S/C9H14O2/c1-8(2)6(10)4-5-7-9(8,3)11-7/h7H,4-5H2,1-3H3. The van der Waals surface area contributed by atoms with Gasteiger partial charge in [-0.3, -0.25) is 4.79 Å². The molecule has 2 aliphatic rings. The monoisotopic (exact) mass is 154 g/mol. The summed E-state index contributed by atoms with van der Waals surface area (Å²) in [5.41, 5.74) is -0.391. The predicted octanol–water partition coefficient (Wildman–Crippen LogP) is 1.53. The SMILES string of the molecule is CC1(C)C(=O)CCC2OC21C. The molecule has 1 aliphatic heterocycles. The number of rotatable bonds is 0. The van der Waals surface area contributed by atoms with Gasteiger partial charge >= 0.3 is 0 Å². The average molecular weight is 154 g/mol. The molecule has 0 aromatic rings. The molecule has 0 bridgehead atoms. The quantitative estimate of drug-likeness (QED) is 0.495. The number of epoxide rings is 1. The number of hydrogen-bond donors (Lipinski definition) is 0. The Labute approximate surface area is 66.9 Å². The number of ether oxygens (including phenoxy) is 1. The van der Waals surface area contributed by atoms with Gasteiger partial charge in [-0.2, -0.15) is 0 Å². The maximum absolute atomic E-state index is 11.5. The normalized spacial score (nSPS) is 46.8. The molecule has 2 rings (SSSR count). The highest BCUT2D eigenvalue weighted by Gasteiger charge is 2.66. The van der Waals surface area contributed by atoms with Crippen LogP contribution in [0.5, 0.6) is 0 Å². The van der Waals surface area contributed by atoms with Gasteiger partial charge in [-0.1, -0.05) is 13.8 Å². The Morgan fingerprint density at radius 2 is 2.09 bits per heavy atom. The lowest BCUT2D eigenvalue weighted by Gasteiger charge is -2.31. The number of carbonyl (C=O) groups is 1. The van der Waals surface area contributed by atoms with E-state index < -0.39 is 0 Å². The van der Waals surface area contributed by atoms with Crippen molar-refractivity contribution in [2.45, 2.75) is 45.3 Å². The summed E-state index contributed by atoms with van der Waals surface area (Å²) in [4.78, 5) is 11.5. The van der Waals surface area contributed by atoms with Crippen molar-refractivity contribution in [3.05, 3.63) is 0 Å². The molecule has 0 spiro atoms. The van der Waals surface area contributed by atoms with Gasteiger partial charge in [0.1, 0.15) is 11.4 Å². The summed E-state index contributed by atoms with van der Waals surface area (Å²) < 4.78 is 5.53. The number of ketones is 1. The molecule has 0 aromatic heterocycles. The van der Waals surface area contributed by atoms with E-state index in [1.807, 2.05) is 13.8 Å². The molecule has 0 amide bonds. The van der Waals surface area contributed by atoms with Crippen molar-refractivity contribution in [2.75, 3.05) is 0 Å². The summed E-state index contributed by atoms with van der Waals surface area (Å²) in [5, 5.41) is 0. The predicted molar refractivity (Wildman–Crippen MR) is 41.3 cm³/mol. The molecular weight excluding hydrogens is 140 g/mol. The molecule has 2 heteroatoms. The molecule has 2 nitrogen and oxygen atoms in total. The van der Waals surface area contributed by atoms with Crippen molar-refractivity contribution in [2.24, 2.45) is 5.41 Å². The van der Waals surface area contributed by atoms with Crippen LogP contribution in [0.3, 0.4) is 0 Å². The Bertz CT molecular complexity index is 220. The van der Waals surface area contributed by atoms with E-state index in [-0.39, 0.29) is 11.0 Å². The molecular formula is C9H14O2. The first-order valence-corrected chi connectivity index (χ1v) is 4.19. The maximum Gasteiger partial charge on any atom is 0.141 e. The van der Waals surface area contributed by atoms with Crippen LogP contribution in [0, 0.1) is 5.41 Å². The zero-order valence-electron chi connectivity index (χ0n) is 7.31. The third kappa shape index (κ3) is 0.684. The summed E-state index contributed by atoms with van der Waals surface area (Å²) >= 11 is 0. The van der Waals surface area contributed by atoms with Crippen LogP contribution in [0.25, 0.3) is 0 Å². The molecule has 0 radical (unpaired) electrons. The van der Waals surface area contributed by atoms with Crippen LogP contribution in [0.15, 0.2) is 0 Å². The first-order valence-electron chi connectivity index (χ1n) is 4.19. The summed E-state index contributed by atoms with van der Waals surface area (Å²) in [6, 6.07) is 0. The van der Waals surface area contributed by atoms with Gasteiger partial charge in [0.2, 0.25) is 0 Å². The van der Waals surface area contributed by atoms with Crippen LogP contribution >= 0.6 is 0 Å². The molecule has 2 unspecified atom stereocenters. The minimum absolute atomic E-state index is 0.137. The molecule has 11 heavy (non-hydrogen) atoms. The molecule has 1 saturated carbocycles. The lowest BCUT2D eigenvalue weighted by molar-refractivity contribution is -0.131. The highest BCUT2D eigenvalue weighted by molar-refractivity contribution is 5.87. The van der Waals surface area contributed by atoms with E-state index in [0.29, 0.717) is 18.3 Å². The molecule has 0 N–H and O–H groups in total. The highest BCUT2D eigenvalue weighted by atomic mass is 16.6. The Morgan fingerprint density at radius 3 is 2.64 bits per heavy atom. The second-order valence-electron chi connectivity index (χ2n) is 4.30. The highest BCUT2D eigenvalue weighted by Crippen LogP contribution is 2.55. The number of hydrogen-bond acceptors (Lipinski definition) is 2. The first-order chi connectivity index (χ1) is 4.98. The third-order valence-electron chi connectivity index (χ3n) is 3.52. The van der Waals surface area contributed by atoms with E-state index in [0.717, 1.165) is 6.42 Å². The van der Waals surface area contributed by atoms with Gasteiger partial charge in [-0.25, -0.2) is 0 Å². The first kappa shape index (κ1) is 7.29. The van der Waals surface area contributed by atoms with Gasteiger partial charge in [0.05, 0.1) is 11.5 Å². The van der Waals surface area contributed by atoms with Crippen LogP contribution < -0.4 is 0 Å². The Morgan fingerprint density at radius 1 is 1.45 bits per heavy atom. The van der Waals surface area contributed by atoms with E-state index in [9.17, 15) is 4.79 Å². The van der Waals surface area contributed by atoms with Gasteiger partial charge in [0.25, 0.3) is 0 Å². The van der Waals surface area contributed by atoms with Crippen LogP contribution in [0.4, 0.5) is 0 Å². The summed E-state index contributed by atoms with van der Waals surface area (Å²) in [6.45, 7) is 6.04. The minimum Gasteiger partial charge on any atom is -0.365 e. The third-order valence-corrected chi connectivity index (χ3v) is 3.52. The van der Waals surface area contributed by atoms with Gasteiger partial charge in [0.15, 0.2) is 0 Å². The van der Waals surface area contributed by atoms with E-state index in [2.05, 4.69) is 6.92 Å². The molecule has 1 heterocycles. The molecule has 2 fully saturated rings. The van der Waals surface area contributed by atoms with Crippen LogP contribution in [-0.4, -0.2) is 17.5 Å². The maximum atomic E-state index is 11.5.